The third-order valence-electron chi connectivity index (χ3n) is 3.86. The first-order valence-electron chi connectivity index (χ1n) is 7.70. The third-order valence-corrected chi connectivity index (χ3v) is 4.16. The molecule has 3 rings (SSSR count). The number of para-hydroxylation sites is 1. The molecule has 5 nitrogen and oxygen atoms in total. The van der Waals surface area contributed by atoms with Crippen molar-refractivity contribution in [1.29, 1.82) is 5.26 Å². The summed E-state index contributed by atoms with van der Waals surface area (Å²) in [5.74, 6) is -0.138. The van der Waals surface area contributed by atoms with Crippen LogP contribution in [-0.2, 0) is 6.54 Å². The molecule has 0 saturated heterocycles. The molecule has 25 heavy (non-hydrogen) atoms. The van der Waals surface area contributed by atoms with Crippen molar-refractivity contribution in [3.8, 4) is 11.8 Å². The lowest BCUT2D eigenvalue weighted by Gasteiger charge is -2.18. The van der Waals surface area contributed by atoms with Crippen LogP contribution in [-0.4, -0.2) is 27.4 Å². The quantitative estimate of drug-likeness (QED) is 0.732. The zero-order chi connectivity index (χ0) is 17.8. The zero-order valence-electron chi connectivity index (χ0n) is 13.6. The van der Waals surface area contributed by atoms with Crippen LogP contribution < -0.4 is 0 Å². The van der Waals surface area contributed by atoms with Gasteiger partial charge < -0.3 is 9.88 Å². The number of amides is 1. The fourth-order valence-electron chi connectivity index (χ4n) is 2.59. The van der Waals surface area contributed by atoms with Gasteiger partial charge in [-0.2, -0.15) is 5.26 Å². The molecule has 1 N–H and O–H groups in total. The van der Waals surface area contributed by atoms with Gasteiger partial charge in [-0.15, -0.1) is 0 Å². The van der Waals surface area contributed by atoms with Crippen LogP contribution in [0.4, 0.5) is 0 Å². The maximum atomic E-state index is 12.9. The summed E-state index contributed by atoms with van der Waals surface area (Å²) in [7, 11) is 1.74. The Morgan fingerprint density at radius 2 is 1.88 bits per heavy atom. The number of carbonyl (C=O) groups excluding carboxylic acids is 1. The standard InChI is InChI=1S/C19H16N4OS/c1-22(13-15-9-7-14(11-20)8-10-15)18(24)17-12-21-19(25)23(17)16-5-3-2-4-6-16/h2-10,12H,13H2,1H3,(H,21,25). The Balaban J connectivity index is 1.86. The normalized spacial score (nSPS) is 10.2. The molecule has 1 aromatic heterocycles. The molecule has 0 bridgehead atoms. The molecule has 0 aliphatic rings. The molecule has 124 valence electrons. The molecular weight excluding hydrogens is 332 g/mol. The van der Waals surface area contributed by atoms with Crippen LogP contribution >= 0.6 is 12.2 Å². The number of nitrogens with zero attached hydrogens (tertiary/aromatic N) is 3. The Bertz CT molecular complexity index is 981. The highest BCUT2D eigenvalue weighted by Crippen LogP contribution is 2.15. The van der Waals surface area contributed by atoms with Gasteiger partial charge in [0.1, 0.15) is 5.69 Å². The van der Waals surface area contributed by atoms with Crippen molar-refractivity contribution in [1.82, 2.24) is 14.5 Å². The van der Waals surface area contributed by atoms with Gasteiger partial charge in [-0.05, 0) is 42.0 Å². The molecule has 2 aromatic carbocycles. The van der Waals surface area contributed by atoms with Gasteiger partial charge in [0.05, 0.1) is 11.6 Å². The van der Waals surface area contributed by atoms with Crippen molar-refractivity contribution in [3.63, 3.8) is 0 Å². The molecule has 0 saturated carbocycles. The molecule has 6 heteroatoms. The van der Waals surface area contributed by atoms with Crippen molar-refractivity contribution in [3.05, 3.63) is 82.4 Å². The Hall–Kier alpha value is -3.17. The number of nitrogens with one attached hydrogen (secondary N) is 1. The van der Waals surface area contributed by atoms with E-state index in [2.05, 4.69) is 11.1 Å². The summed E-state index contributed by atoms with van der Waals surface area (Å²) in [5, 5.41) is 8.86. The van der Waals surface area contributed by atoms with Gasteiger partial charge in [-0.3, -0.25) is 9.36 Å². The number of imidazole rings is 1. The smallest absolute Gasteiger partial charge is 0.272 e. The van der Waals surface area contributed by atoms with Gasteiger partial charge in [0, 0.05) is 25.5 Å². The SMILES string of the molecule is CN(Cc1ccc(C#N)cc1)C(=O)c1c[nH]c(=S)n1-c1ccccc1. The molecule has 1 heterocycles. The lowest BCUT2D eigenvalue weighted by Crippen LogP contribution is -2.28. The van der Waals surface area contributed by atoms with E-state index < -0.39 is 0 Å². The number of rotatable bonds is 4. The van der Waals surface area contributed by atoms with Gasteiger partial charge in [-0.1, -0.05) is 30.3 Å². The topological polar surface area (TPSA) is 64.8 Å². The molecule has 0 fully saturated rings. The molecule has 0 aliphatic heterocycles. The second-order valence-corrected chi connectivity index (χ2v) is 6.01. The van der Waals surface area contributed by atoms with Crippen LogP contribution in [0.3, 0.4) is 0 Å². The Morgan fingerprint density at radius 1 is 1.20 bits per heavy atom. The number of H-pyrrole nitrogens is 1. The van der Waals surface area contributed by atoms with E-state index >= 15 is 0 Å². The lowest BCUT2D eigenvalue weighted by atomic mass is 10.1. The molecule has 0 unspecified atom stereocenters. The average molecular weight is 348 g/mol. The summed E-state index contributed by atoms with van der Waals surface area (Å²) in [5.41, 5.74) is 2.87. The van der Waals surface area contributed by atoms with Gasteiger partial charge in [0.2, 0.25) is 0 Å². The van der Waals surface area contributed by atoms with E-state index in [0.29, 0.717) is 22.6 Å². The van der Waals surface area contributed by atoms with Crippen molar-refractivity contribution in [2.24, 2.45) is 0 Å². The first-order chi connectivity index (χ1) is 12.1. The number of nitriles is 1. The van der Waals surface area contributed by atoms with Crippen LogP contribution in [0, 0.1) is 16.1 Å². The van der Waals surface area contributed by atoms with Crippen LogP contribution in [0.2, 0.25) is 0 Å². The minimum absolute atomic E-state index is 0.138. The summed E-state index contributed by atoms with van der Waals surface area (Å²) in [4.78, 5) is 17.4. The molecule has 0 radical (unpaired) electrons. The van der Waals surface area contributed by atoms with Crippen LogP contribution in [0.5, 0.6) is 0 Å². The van der Waals surface area contributed by atoms with Gasteiger partial charge in [0.25, 0.3) is 5.91 Å². The van der Waals surface area contributed by atoms with Crippen molar-refractivity contribution >= 4 is 18.1 Å². The Morgan fingerprint density at radius 3 is 2.52 bits per heavy atom. The second kappa shape index (κ2) is 7.16. The van der Waals surface area contributed by atoms with Gasteiger partial charge in [0.15, 0.2) is 4.77 Å². The van der Waals surface area contributed by atoms with E-state index in [4.69, 9.17) is 17.5 Å². The average Bonchev–Trinajstić information content (AvgIpc) is 3.03. The predicted octanol–water partition coefficient (Wildman–Crippen LogP) is 3.68. The fraction of sp³-hybridized carbons (Fsp3) is 0.105. The number of benzene rings is 2. The first-order valence-corrected chi connectivity index (χ1v) is 8.11. The van der Waals surface area contributed by atoms with E-state index in [1.165, 1.54) is 0 Å². The third kappa shape index (κ3) is 3.52. The Labute approximate surface area is 150 Å². The van der Waals surface area contributed by atoms with Crippen LogP contribution in [0.25, 0.3) is 5.69 Å². The second-order valence-electron chi connectivity index (χ2n) is 5.62. The van der Waals surface area contributed by atoms with Crippen LogP contribution in [0.1, 0.15) is 21.6 Å². The van der Waals surface area contributed by atoms with Crippen LogP contribution in [0.15, 0.2) is 60.8 Å². The highest BCUT2D eigenvalue weighted by atomic mass is 32.1. The molecule has 3 aromatic rings. The van der Waals surface area contributed by atoms with Crippen molar-refractivity contribution in [2.75, 3.05) is 7.05 Å². The molecule has 1 amide bonds. The highest BCUT2D eigenvalue weighted by molar-refractivity contribution is 7.71. The summed E-state index contributed by atoms with van der Waals surface area (Å²) < 4.78 is 2.20. The minimum atomic E-state index is -0.138. The summed E-state index contributed by atoms with van der Waals surface area (Å²) in [6.07, 6.45) is 1.63. The zero-order valence-corrected chi connectivity index (χ0v) is 14.5. The summed E-state index contributed by atoms with van der Waals surface area (Å²) in [6, 6.07) is 18.8. The lowest BCUT2D eigenvalue weighted by molar-refractivity contribution is 0.0777. The highest BCUT2D eigenvalue weighted by Gasteiger charge is 2.18. The van der Waals surface area contributed by atoms with Crippen molar-refractivity contribution in [2.45, 2.75) is 6.54 Å². The number of hydrogen-bond donors (Lipinski definition) is 1. The largest absolute Gasteiger partial charge is 0.336 e. The molecule has 0 aliphatic carbocycles. The number of aromatic amines is 1. The summed E-state index contributed by atoms with van der Waals surface area (Å²) in [6.45, 7) is 0.442. The van der Waals surface area contributed by atoms with E-state index in [9.17, 15) is 4.79 Å². The number of aromatic nitrogens is 2. The number of hydrogen-bond acceptors (Lipinski definition) is 3. The minimum Gasteiger partial charge on any atom is -0.336 e. The van der Waals surface area contributed by atoms with E-state index in [-0.39, 0.29) is 5.91 Å². The maximum absolute atomic E-state index is 12.9. The van der Waals surface area contributed by atoms with E-state index in [1.807, 2.05) is 42.5 Å². The molecular formula is C19H16N4OS. The van der Waals surface area contributed by atoms with E-state index in [1.54, 1.807) is 34.8 Å². The maximum Gasteiger partial charge on any atom is 0.272 e. The van der Waals surface area contributed by atoms with E-state index in [0.717, 1.165) is 11.3 Å². The monoisotopic (exact) mass is 348 g/mol. The molecule has 0 atom stereocenters. The summed E-state index contributed by atoms with van der Waals surface area (Å²) >= 11 is 5.32. The van der Waals surface area contributed by atoms with Gasteiger partial charge in [-0.25, -0.2) is 0 Å². The fourth-order valence-corrected chi connectivity index (χ4v) is 2.85. The predicted molar refractivity (Wildman–Crippen MR) is 97.9 cm³/mol. The molecule has 0 spiro atoms. The van der Waals surface area contributed by atoms with Crippen molar-refractivity contribution < 1.29 is 4.79 Å². The Kier molecular flexibility index (Phi) is 4.78. The number of carbonyl (C=O) groups is 1. The first kappa shape index (κ1) is 16.7. The van der Waals surface area contributed by atoms with Gasteiger partial charge >= 0.3 is 0 Å².